The summed E-state index contributed by atoms with van der Waals surface area (Å²) in [6.45, 7) is 0.717. The van der Waals surface area contributed by atoms with E-state index in [0.717, 1.165) is 22.9 Å². The van der Waals surface area contributed by atoms with Gasteiger partial charge in [0.05, 0.1) is 5.69 Å². The molecule has 19 heavy (non-hydrogen) atoms. The van der Waals surface area contributed by atoms with E-state index in [4.69, 9.17) is 5.73 Å². The molecule has 3 rings (SSSR count). The van der Waals surface area contributed by atoms with Gasteiger partial charge in [-0.05, 0) is 30.3 Å². The Hall–Kier alpha value is -1.94. The summed E-state index contributed by atoms with van der Waals surface area (Å²) < 4.78 is 0. The summed E-state index contributed by atoms with van der Waals surface area (Å²) in [6.07, 6.45) is 0. The SMILES string of the molecule is Nc1ccc2c(c1)N(C(=O)c1ccccc1)CCS2. The number of hydrogen-bond acceptors (Lipinski definition) is 3. The van der Waals surface area contributed by atoms with E-state index in [0.29, 0.717) is 11.3 Å². The monoisotopic (exact) mass is 270 g/mol. The van der Waals surface area contributed by atoms with Gasteiger partial charge in [-0.25, -0.2) is 0 Å². The van der Waals surface area contributed by atoms with Crippen molar-refractivity contribution in [1.29, 1.82) is 0 Å². The van der Waals surface area contributed by atoms with Crippen molar-refractivity contribution in [2.75, 3.05) is 22.9 Å². The third kappa shape index (κ3) is 2.31. The van der Waals surface area contributed by atoms with Gasteiger partial charge in [0.1, 0.15) is 0 Å². The van der Waals surface area contributed by atoms with Crippen molar-refractivity contribution >= 4 is 29.0 Å². The van der Waals surface area contributed by atoms with Crippen molar-refractivity contribution < 1.29 is 4.79 Å². The van der Waals surface area contributed by atoms with Crippen molar-refractivity contribution in [3.63, 3.8) is 0 Å². The molecule has 3 nitrogen and oxygen atoms in total. The van der Waals surface area contributed by atoms with E-state index in [-0.39, 0.29) is 5.91 Å². The fourth-order valence-corrected chi connectivity index (χ4v) is 3.16. The topological polar surface area (TPSA) is 46.3 Å². The van der Waals surface area contributed by atoms with Crippen LogP contribution in [-0.2, 0) is 0 Å². The fourth-order valence-electron chi connectivity index (χ4n) is 2.18. The van der Waals surface area contributed by atoms with Crippen LogP contribution < -0.4 is 10.6 Å². The second kappa shape index (κ2) is 4.97. The normalized spacial score (nSPS) is 14.0. The summed E-state index contributed by atoms with van der Waals surface area (Å²) in [5.41, 5.74) is 8.16. The van der Waals surface area contributed by atoms with Gasteiger partial charge in [0.25, 0.3) is 5.91 Å². The number of nitrogen functional groups attached to an aromatic ring is 1. The fraction of sp³-hybridized carbons (Fsp3) is 0.133. The Morgan fingerprint density at radius 1 is 1.16 bits per heavy atom. The molecule has 1 aliphatic rings. The summed E-state index contributed by atoms with van der Waals surface area (Å²) in [7, 11) is 0. The minimum atomic E-state index is 0.0350. The largest absolute Gasteiger partial charge is 0.399 e. The molecular weight excluding hydrogens is 256 g/mol. The van der Waals surface area contributed by atoms with Crippen LogP contribution in [0.25, 0.3) is 0 Å². The van der Waals surface area contributed by atoms with Gasteiger partial charge in [-0.3, -0.25) is 4.79 Å². The van der Waals surface area contributed by atoms with Crippen LogP contribution in [0.2, 0.25) is 0 Å². The van der Waals surface area contributed by atoms with Gasteiger partial charge in [0, 0.05) is 28.4 Å². The Labute approximate surface area is 116 Å². The van der Waals surface area contributed by atoms with Gasteiger partial charge in [-0.2, -0.15) is 0 Å². The maximum Gasteiger partial charge on any atom is 0.258 e. The van der Waals surface area contributed by atoms with Gasteiger partial charge >= 0.3 is 0 Å². The van der Waals surface area contributed by atoms with Crippen molar-refractivity contribution in [1.82, 2.24) is 0 Å². The molecule has 0 fully saturated rings. The van der Waals surface area contributed by atoms with Crippen LogP contribution in [0.1, 0.15) is 10.4 Å². The number of hydrogen-bond donors (Lipinski definition) is 1. The van der Waals surface area contributed by atoms with Crippen LogP contribution in [0.15, 0.2) is 53.4 Å². The molecule has 2 aromatic carbocycles. The van der Waals surface area contributed by atoms with Crippen molar-refractivity contribution in [3.8, 4) is 0 Å². The molecule has 4 heteroatoms. The lowest BCUT2D eigenvalue weighted by molar-refractivity contribution is 0.0987. The minimum absolute atomic E-state index is 0.0350. The second-order valence-corrected chi connectivity index (χ2v) is 5.54. The maximum atomic E-state index is 12.5. The van der Waals surface area contributed by atoms with Crippen LogP contribution in [0.4, 0.5) is 11.4 Å². The van der Waals surface area contributed by atoms with E-state index >= 15 is 0 Å². The summed E-state index contributed by atoms with van der Waals surface area (Å²) in [4.78, 5) is 15.5. The average molecular weight is 270 g/mol. The number of carbonyl (C=O) groups excluding carboxylic acids is 1. The van der Waals surface area contributed by atoms with E-state index in [9.17, 15) is 4.79 Å². The number of fused-ring (bicyclic) bond motifs is 1. The zero-order valence-corrected chi connectivity index (χ0v) is 11.2. The number of rotatable bonds is 1. The number of nitrogens with two attached hydrogens (primary N) is 1. The predicted octanol–water partition coefficient (Wildman–Crippen LogP) is 3.02. The van der Waals surface area contributed by atoms with E-state index in [1.165, 1.54) is 0 Å². The van der Waals surface area contributed by atoms with Gasteiger partial charge in [0.15, 0.2) is 0 Å². The molecule has 0 atom stereocenters. The molecule has 2 N–H and O–H groups in total. The molecule has 96 valence electrons. The summed E-state index contributed by atoms with van der Waals surface area (Å²) in [5, 5.41) is 0. The van der Waals surface area contributed by atoms with Gasteiger partial charge < -0.3 is 10.6 Å². The smallest absolute Gasteiger partial charge is 0.258 e. The zero-order valence-electron chi connectivity index (χ0n) is 10.4. The highest BCUT2D eigenvalue weighted by molar-refractivity contribution is 7.99. The third-order valence-corrected chi connectivity index (χ3v) is 4.16. The Morgan fingerprint density at radius 2 is 1.95 bits per heavy atom. The molecule has 2 aromatic rings. The van der Waals surface area contributed by atoms with Gasteiger partial charge in [-0.1, -0.05) is 18.2 Å². The van der Waals surface area contributed by atoms with E-state index < -0.39 is 0 Å². The number of anilines is 2. The first-order valence-electron chi connectivity index (χ1n) is 6.15. The van der Waals surface area contributed by atoms with Gasteiger partial charge in [-0.15, -0.1) is 11.8 Å². The molecule has 0 bridgehead atoms. The third-order valence-electron chi connectivity index (χ3n) is 3.11. The lowest BCUT2D eigenvalue weighted by atomic mass is 10.1. The summed E-state index contributed by atoms with van der Waals surface area (Å²) in [5.74, 6) is 0.947. The number of amides is 1. The highest BCUT2D eigenvalue weighted by atomic mass is 32.2. The van der Waals surface area contributed by atoms with Crippen LogP contribution in [0, 0.1) is 0 Å². The predicted molar refractivity (Wildman–Crippen MR) is 79.7 cm³/mol. The van der Waals surface area contributed by atoms with E-state index in [2.05, 4.69) is 0 Å². The lowest BCUT2D eigenvalue weighted by Crippen LogP contribution is -2.35. The summed E-state index contributed by atoms with van der Waals surface area (Å²) >= 11 is 1.76. The number of thioether (sulfide) groups is 1. The number of carbonyl (C=O) groups is 1. The first-order chi connectivity index (χ1) is 9.25. The van der Waals surface area contributed by atoms with Crippen molar-refractivity contribution in [2.24, 2.45) is 0 Å². The standard InChI is InChI=1S/C15H14N2OS/c16-12-6-7-14-13(10-12)17(8-9-19-14)15(18)11-4-2-1-3-5-11/h1-7,10H,8-9,16H2. The number of nitrogens with zero attached hydrogens (tertiary/aromatic N) is 1. The van der Waals surface area contributed by atoms with Crippen LogP contribution in [0.5, 0.6) is 0 Å². The van der Waals surface area contributed by atoms with Crippen LogP contribution in [0.3, 0.4) is 0 Å². The molecule has 0 aliphatic carbocycles. The first kappa shape index (κ1) is 12.1. The quantitative estimate of drug-likeness (QED) is 0.810. The molecule has 0 radical (unpaired) electrons. The zero-order chi connectivity index (χ0) is 13.2. The van der Waals surface area contributed by atoms with Crippen LogP contribution in [-0.4, -0.2) is 18.2 Å². The summed E-state index contributed by atoms with van der Waals surface area (Å²) in [6, 6.07) is 15.1. The molecular formula is C15H14N2OS. The molecule has 1 aliphatic heterocycles. The molecule has 0 saturated carbocycles. The van der Waals surface area contributed by atoms with Crippen LogP contribution >= 0.6 is 11.8 Å². The Balaban J connectivity index is 2.00. The van der Waals surface area contributed by atoms with Crippen molar-refractivity contribution in [3.05, 3.63) is 54.1 Å². The highest BCUT2D eigenvalue weighted by Crippen LogP contribution is 2.36. The molecule has 0 aromatic heterocycles. The van der Waals surface area contributed by atoms with E-state index in [1.807, 2.05) is 53.4 Å². The number of benzene rings is 2. The Kier molecular flexibility index (Phi) is 3.17. The average Bonchev–Trinajstić information content (AvgIpc) is 2.47. The van der Waals surface area contributed by atoms with Crippen molar-refractivity contribution in [2.45, 2.75) is 4.90 Å². The molecule has 0 unspecified atom stereocenters. The highest BCUT2D eigenvalue weighted by Gasteiger charge is 2.23. The van der Waals surface area contributed by atoms with E-state index in [1.54, 1.807) is 11.8 Å². The Bertz CT molecular complexity index is 613. The Morgan fingerprint density at radius 3 is 2.74 bits per heavy atom. The molecule has 1 amide bonds. The minimum Gasteiger partial charge on any atom is -0.399 e. The molecule has 0 saturated heterocycles. The lowest BCUT2D eigenvalue weighted by Gasteiger charge is -2.29. The maximum absolute atomic E-state index is 12.5. The second-order valence-electron chi connectivity index (χ2n) is 4.40. The molecule has 1 heterocycles. The first-order valence-corrected chi connectivity index (χ1v) is 7.13. The van der Waals surface area contributed by atoms with Gasteiger partial charge in [0.2, 0.25) is 0 Å². The molecule has 0 spiro atoms.